The predicted octanol–water partition coefficient (Wildman–Crippen LogP) is 0.650. The predicted molar refractivity (Wildman–Crippen MR) is 49.3 cm³/mol. The van der Waals surface area contributed by atoms with Crippen LogP contribution in [0, 0.1) is 0 Å². The number of hydrogen-bond acceptors (Lipinski definition) is 2. The average molecular weight is 178 g/mol. The minimum atomic E-state index is -2.09. The van der Waals surface area contributed by atoms with E-state index in [2.05, 4.69) is 6.55 Å². The van der Waals surface area contributed by atoms with Crippen molar-refractivity contribution >= 4 is 18.1 Å². The molecule has 0 fully saturated rings. The lowest BCUT2D eigenvalue weighted by Gasteiger charge is -2.35. The van der Waals surface area contributed by atoms with Gasteiger partial charge >= 0.3 is 0 Å². The van der Waals surface area contributed by atoms with Crippen molar-refractivity contribution in [3.63, 3.8) is 0 Å². The molecule has 0 spiro atoms. The SMILES string of the molecule is C[SiH2]OC(C)(C)[Si](C)(C)O. The molecule has 0 aromatic rings. The van der Waals surface area contributed by atoms with Crippen LogP contribution in [0.2, 0.25) is 19.6 Å². The maximum atomic E-state index is 9.71. The molecule has 0 heterocycles. The van der Waals surface area contributed by atoms with E-state index in [0.717, 1.165) is 0 Å². The van der Waals surface area contributed by atoms with Crippen molar-refractivity contribution < 1.29 is 9.22 Å². The Morgan fingerprint density at radius 3 is 1.90 bits per heavy atom. The maximum Gasteiger partial charge on any atom is 0.211 e. The zero-order valence-corrected chi connectivity index (χ0v) is 9.98. The second-order valence-electron chi connectivity index (χ2n) is 3.50. The third-order valence-electron chi connectivity index (χ3n) is 1.98. The van der Waals surface area contributed by atoms with Gasteiger partial charge in [-0.3, -0.25) is 0 Å². The average Bonchev–Trinajstić information content (AvgIpc) is 1.61. The lowest BCUT2D eigenvalue weighted by molar-refractivity contribution is 0.174. The Labute approximate surface area is 66.7 Å². The van der Waals surface area contributed by atoms with E-state index in [9.17, 15) is 4.80 Å². The summed E-state index contributed by atoms with van der Waals surface area (Å²) in [6, 6.07) is 0. The summed E-state index contributed by atoms with van der Waals surface area (Å²) in [5, 5.41) is -0.256. The van der Waals surface area contributed by atoms with Crippen LogP contribution in [0.3, 0.4) is 0 Å². The Bertz CT molecular complexity index is 107. The van der Waals surface area contributed by atoms with Crippen LogP contribution >= 0.6 is 0 Å². The first kappa shape index (κ1) is 10.4. The molecular weight excluding hydrogens is 160 g/mol. The first-order valence-electron chi connectivity index (χ1n) is 3.67. The van der Waals surface area contributed by atoms with Crippen LogP contribution in [0.1, 0.15) is 13.8 Å². The van der Waals surface area contributed by atoms with Gasteiger partial charge in [0.05, 0.1) is 5.22 Å². The third kappa shape index (κ3) is 2.53. The highest BCUT2D eigenvalue weighted by Crippen LogP contribution is 2.20. The third-order valence-corrected chi connectivity index (χ3v) is 6.37. The molecule has 0 unspecified atom stereocenters. The van der Waals surface area contributed by atoms with Crippen LogP contribution < -0.4 is 0 Å². The summed E-state index contributed by atoms with van der Waals surface area (Å²) in [5.41, 5.74) is 0. The van der Waals surface area contributed by atoms with Crippen LogP contribution in [-0.2, 0) is 4.43 Å². The Morgan fingerprint density at radius 2 is 1.80 bits per heavy atom. The van der Waals surface area contributed by atoms with Gasteiger partial charge in [0.15, 0.2) is 9.76 Å². The van der Waals surface area contributed by atoms with Gasteiger partial charge in [0.25, 0.3) is 0 Å². The zero-order chi connectivity index (χ0) is 8.41. The molecule has 10 heavy (non-hydrogen) atoms. The van der Waals surface area contributed by atoms with E-state index in [0.29, 0.717) is 0 Å². The molecule has 4 heteroatoms. The van der Waals surface area contributed by atoms with Crippen molar-refractivity contribution in [3.05, 3.63) is 0 Å². The smallest absolute Gasteiger partial charge is 0.211 e. The Kier molecular flexibility index (Phi) is 3.28. The van der Waals surface area contributed by atoms with Crippen LogP contribution in [0.15, 0.2) is 0 Å². The zero-order valence-electron chi connectivity index (χ0n) is 7.56. The fourth-order valence-corrected chi connectivity index (χ4v) is 3.11. The van der Waals surface area contributed by atoms with Crippen molar-refractivity contribution in [2.75, 3.05) is 0 Å². The Hall–Kier alpha value is 0.354. The van der Waals surface area contributed by atoms with Gasteiger partial charge in [-0.05, 0) is 26.9 Å². The van der Waals surface area contributed by atoms with Gasteiger partial charge in [-0.25, -0.2) is 0 Å². The van der Waals surface area contributed by atoms with E-state index in [1.54, 1.807) is 0 Å². The molecule has 0 radical (unpaired) electrons. The van der Waals surface area contributed by atoms with Gasteiger partial charge in [0, 0.05) is 0 Å². The van der Waals surface area contributed by atoms with Crippen LogP contribution in [0.4, 0.5) is 0 Å². The highest BCUT2D eigenvalue weighted by atomic mass is 28.4. The van der Waals surface area contributed by atoms with Crippen molar-refractivity contribution in [1.29, 1.82) is 0 Å². The maximum absolute atomic E-state index is 9.71. The number of rotatable bonds is 3. The highest BCUT2D eigenvalue weighted by molar-refractivity contribution is 6.73. The molecule has 0 saturated carbocycles. The van der Waals surface area contributed by atoms with Gasteiger partial charge in [0.2, 0.25) is 8.32 Å². The topological polar surface area (TPSA) is 29.5 Å². The molecule has 62 valence electrons. The van der Waals surface area contributed by atoms with Crippen molar-refractivity contribution in [2.24, 2.45) is 0 Å². The van der Waals surface area contributed by atoms with E-state index in [1.807, 2.05) is 26.9 Å². The summed E-state index contributed by atoms with van der Waals surface area (Å²) < 4.78 is 5.54. The molecule has 0 aromatic carbocycles. The molecule has 0 aliphatic carbocycles. The monoisotopic (exact) mass is 178 g/mol. The van der Waals surface area contributed by atoms with E-state index in [1.165, 1.54) is 0 Å². The van der Waals surface area contributed by atoms with E-state index in [4.69, 9.17) is 4.43 Å². The largest absolute Gasteiger partial charge is 0.429 e. The first-order chi connectivity index (χ1) is 4.31. The Balaban J connectivity index is 4.10. The summed E-state index contributed by atoms with van der Waals surface area (Å²) in [7, 11) is -2.49. The van der Waals surface area contributed by atoms with Crippen molar-refractivity contribution in [2.45, 2.75) is 38.7 Å². The summed E-state index contributed by atoms with van der Waals surface area (Å²) in [5.74, 6) is 0. The second kappa shape index (κ2) is 3.17. The number of hydrogen-bond donors (Lipinski definition) is 1. The fourth-order valence-electron chi connectivity index (χ4n) is 0.537. The molecule has 0 aliphatic heterocycles. The molecule has 2 nitrogen and oxygen atoms in total. The minimum absolute atomic E-state index is 0.256. The molecule has 0 aliphatic rings. The minimum Gasteiger partial charge on any atom is -0.429 e. The highest BCUT2D eigenvalue weighted by Gasteiger charge is 2.38. The van der Waals surface area contributed by atoms with Gasteiger partial charge in [-0.2, -0.15) is 0 Å². The van der Waals surface area contributed by atoms with Gasteiger partial charge in [0.1, 0.15) is 0 Å². The molecule has 0 amide bonds. The van der Waals surface area contributed by atoms with Crippen LogP contribution in [0.5, 0.6) is 0 Å². The molecule has 1 N–H and O–H groups in total. The lowest BCUT2D eigenvalue weighted by Crippen LogP contribution is -2.52. The van der Waals surface area contributed by atoms with Crippen LogP contribution in [0.25, 0.3) is 0 Å². The quantitative estimate of drug-likeness (QED) is 0.643. The molecule has 0 bridgehead atoms. The van der Waals surface area contributed by atoms with Gasteiger partial charge < -0.3 is 9.22 Å². The van der Waals surface area contributed by atoms with Gasteiger partial charge in [-0.1, -0.05) is 6.55 Å². The standard InChI is InChI=1S/C6H18O2Si2/c1-6(2,8-9-3)10(4,5)7/h7H,9H2,1-5H3. The van der Waals surface area contributed by atoms with Crippen molar-refractivity contribution in [3.8, 4) is 0 Å². The second-order valence-corrected chi connectivity index (χ2v) is 8.69. The van der Waals surface area contributed by atoms with Crippen LogP contribution in [-0.4, -0.2) is 28.1 Å². The van der Waals surface area contributed by atoms with E-state index < -0.39 is 18.1 Å². The molecule has 0 atom stereocenters. The summed E-state index contributed by atoms with van der Waals surface area (Å²) in [6.45, 7) is 9.88. The summed E-state index contributed by atoms with van der Waals surface area (Å²) in [4.78, 5) is 9.71. The van der Waals surface area contributed by atoms with E-state index in [-0.39, 0.29) is 5.22 Å². The van der Waals surface area contributed by atoms with Gasteiger partial charge in [-0.15, -0.1) is 0 Å². The Morgan fingerprint density at radius 1 is 1.40 bits per heavy atom. The summed E-state index contributed by atoms with van der Waals surface area (Å²) >= 11 is 0. The fraction of sp³-hybridized carbons (Fsp3) is 1.00. The van der Waals surface area contributed by atoms with E-state index >= 15 is 0 Å². The molecule has 0 rings (SSSR count). The molecule has 0 aromatic heterocycles. The lowest BCUT2D eigenvalue weighted by atomic mass is 10.5. The molecule has 0 saturated heterocycles. The normalized spacial score (nSPS) is 15.0. The summed E-state index contributed by atoms with van der Waals surface area (Å²) in [6.07, 6.45) is 0. The first-order valence-corrected chi connectivity index (χ1v) is 8.61. The van der Waals surface area contributed by atoms with Crippen molar-refractivity contribution in [1.82, 2.24) is 0 Å². The molecular formula is C6H18O2Si2.